The second-order valence-corrected chi connectivity index (χ2v) is 7.45. The Balaban J connectivity index is 1.42. The van der Waals surface area contributed by atoms with Crippen molar-refractivity contribution in [3.8, 4) is 0 Å². The van der Waals surface area contributed by atoms with Gasteiger partial charge in [0, 0.05) is 18.9 Å². The van der Waals surface area contributed by atoms with Crippen molar-refractivity contribution in [3.63, 3.8) is 0 Å². The molecule has 7 nitrogen and oxygen atoms in total. The highest BCUT2D eigenvalue weighted by Crippen LogP contribution is 2.26. The van der Waals surface area contributed by atoms with Gasteiger partial charge in [0.2, 0.25) is 5.91 Å². The summed E-state index contributed by atoms with van der Waals surface area (Å²) in [4.78, 5) is 31.7. The fourth-order valence-corrected chi connectivity index (χ4v) is 3.47. The van der Waals surface area contributed by atoms with Crippen LogP contribution >= 0.6 is 23.2 Å². The molecule has 152 valence electrons. The Hall–Kier alpha value is -3.16. The first-order valence-electron chi connectivity index (χ1n) is 9.24. The van der Waals surface area contributed by atoms with Gasteiger partial charge in [0.1, 0.15) is 11.6 Å². The molecule has 1 amide bonds. The first kappa shape index (κ1) is 20.1. The molecule has 0 saturated heterocycles. The van der Waals surface area contributed by atoms with Gasteiger partial charge in [-0.3, -0.25) is 9.59 Å². The van der Waals surface area contributed by atoms with Crippen molar-refractivity contribution in [1.82, 2.24) is 19.7 Å². The van der Waals surface area contributed by atoms with Crippen molar-refractivity contribution in [2.45, 2.75) is 19.4 Å². The number of aromatic nitrogens is 4. The summed E-state index contributed by atoms with van der Waals surface area (Å²) in [6.07, 6.45) is 2.06. The maximum absolute atomic E-state index is 12.4. The number of para-hydroxylation sites is 1. The maximum Gasteiger partial charge on any atom is 0.258 e. The van der Waals surface area contributed by atoms with Gasteiger partial charge in [-0.15, -0.1) is 0 Å². The normalized spacial score (nSPS) is 11.0. The molecule has 0 radical (unpaired) electrons. The molecular formula is C21H17Cl2N5O2. The summed E-state index contributed by atoms with van der Waals surface area (Å²) < 4.78 is 1.63. The van der Waals surface area contributed by atoms with E-state index in [1.165, 1.54) is 0 Å². The third-order valence-corrected chi connectivity index (χ3v) is 5.44. The van der Waals surface area contributed by atoms with Crippen LogP contribution in [0, 0.1) is 0 Å². The lowest BCUT2D eigenvalue weighted by Gasteiger charge is -2.11. The summed E-state index contributed by atoms with van der Waals surface area (Å²) in [7, 11) is 0. The Kier molecular flexibility index (Phi) is 5.83. The number of anilines is 1. The number of hydrogen-bond acceptors (Lipinski definition) is 4. The molecule has 0 aliphatic carbocycles. The lowest BCUT2D eigenvalue weighted by molar-refractivity contribution is -0.116. The molecule has 0 saturated carbocycles. The van der Waals surface area contributed by atoms with Gasteiger partial charge in [-0.1, -0.05) is 47.5 Å². The van der Waals surface area contributed by atoms with E-state index in [0.717, 1.165) is 5.56 Å². The van der Waals surface area contributed by atoms with Crippen LogP contribution in [0.4, 0.5) is 5.82 Å². The Morgan fingerprint density at radius 1 is 1.10 bits per heavy atom. The van der Waals surface area contributed by atoms with Crippen molar-refractivity contribution >= 4 is 45.8 Å². The van der Waals surface area contributed by atoms with E-state index in [-0.39, 0.29) is 17.9 Å². The minimum absolute atomic E-state index is 0.157. The van der Waals surface area contributed by atoms with Gasteiger partial charge >= 0.3 is 0 Å². The molecule has 0 spiro atoms. The van der Waals surface area contributed by atoms with E-state index in [0.29, 0.717) is 45.6 Å². The van der Waals surface area contributed by atoms with Gasteiger partial charge in [-0.2, -0.15) is 5.10 Å². The summed E-state index contributed by atoms with van der Waals surface area (Å²) in [5, 5.41) is 8.51. The fourth-order valence-electron chi connectivity index (χ4n) is 3.09. The molecule has 2 heterocycles. The second-order valence-electron chi connectivity index (χ2n) is 6.66. The second kappa shape index (κ2) is 8.69. The smallest absolute Gasteiger partial charge is 0.258 e. The Bertz CT molecular complexity index is 1280. The van der Waals surface area contributed by atoms with Gasteiger partial charge in [-0.05, 0) is 23.8 Å². The minimum atomic E-state index is -0.218. The van der Waals surface area contributed by atoms with Crippen molar-refractivity contribution in [2.75, 3.05) is 5.32 Å². The van der Waals surface area contributed by atoms with Crippen LogP contribution in [0.1, 0.15) is 17.8 Å². The van der Waals surface area contributed by atoms with Crippen LogP contribution in [0.3, 0.4) is 0 Å². The van der Waals surface area contributed by atoms with Crippen molar-refractivity contribution in [3.05, 3.63) is 86.5 Å². The Labute approximate surface area is 181 Å². The standard InChI is InChI=1S/C21H17Cl2N5O2/c22-15-6-3-4-13(20(15)23)12-28-18(10-11-24-28)27-19(29)9-8-17-25-16-7-2-1-5-14(16)21(30)26-17/h1-7,10-11H,8-9,12H2,(H,27,29)(H,25,26,30). The highest BCUT2D eigenvalue weighted by atomic mass is 35.5. The average Bonchev–Trinajstić information content (AvgIpc) is 3.16. The maximum atomic E-state index is 12.4. The molecule has 2 aromatic carbocycles. The van der Waals surface area contributed by atoms with Crippen LogP contribution in [-0.2, 0) is 17.8 Å². The molecule has 9 heteroatoms. The van der Waals surface area contributed by atoms with Crippen molar-refractivity contribution < 1.29 is 4.79 Å². The number of carbonyl (C=O) groups excluding carboxylic acids is 1. The van der Waals surface area contributed by atoms with E-state index in [2.05, 4.69) is 20.4 Å². The van der Waals surface area contributed by atoms with Gasteiger partial charge in [0.15, 0.2) is 0 Å². The minimum Gasteiger partial charge on any atom is -0.311 e. The number of nitrogens with one attached hydrogen (secondary N) is 2. The zero-order valence-electron chi connectivity index (χ0n) is 15.7. The first-order valence-corrected chi connectivity index (χ1v) is 9.99. The molecule has 0 aliphatic rings. The molecule has 4 rings (SSSR count). The summed E-state index contributed by atoms with van der Waals surface area (Å²) in [5.41, 5.74) is 1.18. The number of halogens is 2. The van der Waals surface area contributed by atoms with E-state index in [1.54, 1.807) is 41.2 Å². The van der Waals surface area contributed by atoms with E-state index >= 15 is 0 Å². The number of hydrogen-bond donors (Lipinski definition) is 2. The lowest BCUT2D eigenvalue weighted by Crippen LogP contribution is -2.18. The van der Waals surface area contributed by atoms with Crippen molar-refractivity contribution in [1.29, 1.82) is 0 Å². The molecule has 4 aromatic rings. The molecule has 0 aliphatic heterocycles. The van der Waals surface area contributed by atoms with Crippen LogP contribution < -0.4 is 10.9 Å². The predicted octanol–water partition coefficient (Wildman–Crippen LogP) is 4.05. The van der Waals surface area contributed by atoms with Crippen LogP contribution in [0.15, 0.2) is 59.5 Å². The number of H-pyrrole nitrogens is 1. The first-order chi connectivity index (χ1) is 14.5. The molecule has 2 N–H and O–H groups in total. The van der Waals surface area contributed by atoms with Crippen LogP contribution in [-0.4, -0.2) is 25.7 Å². The predicted molar refractivity (Wildman–Crippen MR) is 117 cm³/mol. The van der Waals surface area contributed by atoms with E-state index in [4.69, 9.17) is 23.2 Å². The average molecular weight is 442 g/mol. The highest BCUT2D eigenvalue weighted by Gasteiger charge is 2.12. The lowest BCUT2D eigenvalue weighted by atomic mass is 10.2. The number of aryl methyl sites for hydroxylation is 1. The fraction of sp³-hybridized carbons (Fsp3) is 0.143. The quantitative estimate of drug-likeness (QED) is 0.471. The summed E-state index contributed by atoms with van der Waals surface area (Å²) >= 11 is 12.3. The molecule has 0 bridgehead atoms. The molecule has 30 heavy (non-hydrogen) atoms. The molecule has 0 fully saturated rings. The largest absolute Gasteiger partial charge is 0.311 e. The SMILES string of the molecule is O=C(CCc1nc2ccccc2c(=O)[nH]1)Nc1ccnn1Cc1cccc(Cl)c1Cl. The number of fused-ring (bicyclic) bond motifs is 1. The molecule has 0 unspecified atom stereocenters. The Morgan fingerprint density at radius 3 is 2.80 bits per heavy atom. The number of nitrogens with zero attached hydrogens (tertiary/aromatic N) is 3. The van der Waals surface area contributed by atoms with Gasteiger partial charge in [0.05, 0.1) is 33.7 Å². The Morgan fingerprint density at radius 2 is 1.93 bits per heavy atom. The summed E-state index contributed by atoms with van der Waals surface area (Å²) in [6, 6.07) is 14.2. The zero-order valence-corrected chi connectivity index (χ0v) is 17.2. The van der Waals surface area contributed by atoms with E-state index in [1.807, 2.05) is 18.2 Å². The monoisotopic (exact) mass is 441 g/mol. The van der Waals surface area contributed by atoms with E-state index < -0.39 is 0 Å². The number of carbonyl (C=O) groups is 1. The molecular weight excluding hydrogens is 425 g/mol. The van der Waals surface area contributed by atoms with Gasteiger partial charge in [0.25, 0.3) is 5.56 Å². The van der Waals surface area contributed by atoms with Crippen LogP contribution in [0.25, 0.3) is 10.9 Å². The number of rotatable bonds is 6. The van der Waals surface area contributed by atoms with Gasteiger partial charge in [-0.25, -0.2) is 9.67 Å². The number of amides is 1. The topological polar surface area (TPSA) is 92.7 Å². The zero-order chi connectivity index (χ0) is 21.1. The highest BCUT2D eigenvalue weighted by molar-refractivity contribution is 6.42. The van der Waals surface area contributed by atoms with Gasteiger partial charge < -0.3 is 10.3 Å². The third-order valence-electron chi connectivity index (χ3n) is 4.59. The number of aromatic amines is 1. The summed E-state index contributed by atoms with van der Waals surface area (Å²) in [6.45, 7) is 0.363. The molecule has 0 atom stereocenters. The van der Waals surface area contributed by atoms with E-state index in [9.17, 15) is 9.59 Å². The van der Waals surface area contributed by atoms with Crippen LogP contribution in [0.2, 0.25) is 10.0 Å². The summed E-state index contributed by atoms with van der Waals surface area (Å²) in [5.74, 6) is 0.786. The number of benzene rings is 2. The van der Waals surface area contributed by atoms with Crippen molar-refractivity contribution in [2.24, 2.45) is 0 Å². The molecule has 2 aromatic heterocycles. The van der Waals surface area contributed by atoms with Crippen LogP contribution in [0.5, 0.6) is 0 Å². The third kappa shape index (κ3) is 4.37.